The van der Waals surface area contributed by atoms with Crippen LogP contribution in [0.3, 0.4) is 0 Å². The first-order chi connectivity index (χ1) is 6.59. The van der Waals surface area contributed by atoms with Gasteiger partial charge in [0.15, 0.2) is 0 Å². The lowest BCUT2D eigenvalue weighted by molar-refractivity contribution is 0.308. The first kappa shape index (κ1) is 11.6. The molecule has 0 spiro atoms. The summed E-state index contributed by atoms with van der Waals surface area (Å²) in [5.74, 6) is 0.286. The van der Waals surface area contributed by atoms with E-state index in [0.29, 0.717) is 4.99 Å². The quantitative estimate of drug-likeness (QED) is 0.783. The second-order valence-corrected chi connectivity index (χ2v) is 4.88. The van der Waals surface area contributed by atoms with Crippen LogP contribution in [-0.2, 0) is 6.54 Å². The molecule has 2 nitrogen and oxygen atoms in total. The average Bonchev–Trinajstić information content (AvgIpc) is 2.56. The Morgan fingerprint density at radius 3 is 2.93 bits per heavy atom. The van der Waals surface area contributed by atoms with Gasteiger partial charge in [-0.15, -0.1) is 0 Å². The van der Waals surface area contributed by atoms with Crippen molar-refractivity contribution < 1.29 is 0 Å². The summed E-state index contributed by atoms with van der Waals surface area (Å²) >= 11 is 6.67. The smallest absolute Gasteiger partial charge is 0.0768 e. The fourth-order valence-electron chi connectivity index (χ4n) is 1.32. The topological polar surface area (TPSA) is 29.3 Å². The summed E-state index contributed by atoms with van der Waals surface area (Å²) in [6.07, 6.45) is 0. The van der Waals surface area contributed by atoms with Gasteiger partial charge in [-0.05, 0) is 29.4 Å². The van der Waals surface area contributed by atoms with Crippen molar-refractivity contribution >= 4 is 28.5 Å². The molecule has 0 bridgehead atoms. The molecule has 1 unspecified atom stereocenters. The number of hydrogen-bond acceptors (Lipinski definition) is 3. The van der Waals surface area contributed by atoms with Crippen molar-refractivity contribution in [2.75, 3.05) is 13.6 Å². The van der Waals surface area contributed by atoms with Gasteiger partial charge in [0.25, 0.3) is 0 Å². The van der Waals surface area contributed by atoms with Crippen LogP contribution in [0.5, 0.6) is 0 Å². The fraction of sp³-hybridized carbons (Fsp3) is 0.500. The minimum absolute atomic E-state index is 0.286. The lowest BCUT2D eigenvalue weighted by atomic mass is 10.1. The van der Waals surface area contributed by atoms with Gasteiger partial charge in [0, 0.05) is 19.0 Å². The fourth-order valence-corrected chi connectivity index (χ4v) is 2.05. The third kappa shape index (κ3) is 3.74. The van der Waals surface area contributed by atoms with Gasteiger partial charge >= 0.3 is 0 Å². The van der Waals surface area contributed by atoms with Gasteiger partial charge in [-0.1, -0.05) is 19.1 Å². The molecule has 1 aromatic rings. The molecule has 1 atom stereocenters. The molecule has 0 amide bonds. The highest BCUT2D eigenvalue weighted by atomic mass is 32.1. The largest absolute Gasteiger partial charge is 0.393 e. The van der Waals surface area contributed by atoms with Crippen molar-refractivity contribution in [2.24, 2.45) is 11.7 Å². The first-order valence-corrected chi connectivity index (χ1v) is 5.93. The van der Waals surface area contributed by atoms with Gasteiger partial charge in [0.2, 0.25) is 0 Å². The van der Waals surface area contributed by atoms with Gasteiger partial charge in [-0.3, -0.25) is 0 Å². The van der Waals surface area contributed by atoms with Gasteiger partial charge in [0.05, 0.1) is 4.99 Å². The summed E-state index contributed by atoms with van der Waals surface area (Å²) in [7, 11) is 2.09. The number of thiocarbonyl (C=S) groups is 1. The number of thiophene rings is 1. The van der Waals surface area contributed by atoms with Crippen molar-refractivity contribution in [1.82, 2.24) is 4.90 Å². The minimum Gasteiger partial charge on any atom is -0.393 e. The third-order valence-electron chi connectivity index (χ3n) is 2.10. The Labute approximate surface area is 94.7 Å². The van der Waals surface area contributed by atoms with E-state index in [-0.39, 0.29) is 5.92 Å². The maximum absolute atomic E-state index is 5.56. The van der Waals surface area contributed by atoms with Crippen LogP contribution in [0.1, 0.15) is 12.5 Å². The van der Waals surface area contributed by atoms with Crippen LogP contribution in [0.25, 0.3) is 0 Å². The van der Waals surface area contributed by atoms with Gasteiger partial charge in [-0.25, -0.2) is 0 Å². The summed E-state index contributed by atoms with van der Waals surface area (Å²) < 4.78 is 0. The predicted octanol–water partition coefficient (Wildman–Crippen LogP) is 2.10. The minimum atomic E-state index is 0.286. The monoisotopic (exact) mass is 228 g/mol. The van der Waals surface area contributed by atoms with Crippen LogP contribution < -0.4 is 5.73 Å². The molecule has 4 heteroatoms. The van der Waals surface area contributed by atoms with Crippen molar-refractivity contribution in [3.63, 3.8) is 0 Å². The van der Waals surface area contributed by atoms with Gasteiger partial charge in [-0.2, -0.15) is 11.3 Å². The van der Waals surface area contributed by atoms with E-state index in [1.807, 2.05) is 0 Å². The van der Waals surface area contributed by atoms with E-state index in [0.717, 1.165) is 13.1 Å². The van der Waals surface area contributed by atoms with Crippen molar-refractivity contribution in [3.05, 3.63) is 22.4 Å². The second kappa shape index (κ2) is 5.44. The summed E-state index contributed by atoms with van der Waals surface area (Å²) in [6, 6.07) is 2.15. The Balaban J connectivity index is 2.36. The van der Waals surface area contributed by atoms with Crippen molar-refractivity contribution in [3.8, 4) is 0 Å². The maximum atomic E-state index is 5.56. The van der Waals surface area contributed by atoms with Crippen LogP contribution in [-0.4, -0.2) is 23.5 Å². The standard InChI is InChI=1S/C10H16N2S2/c1-8(10(11)13)5-12(2)6-9-3-4-14-7-9/h3-4,7-8H,5-6H2,1-2H3,(H2,11,13). The average molecular weight is 228 g/mol. The zero-order valence-corrected chi connectivity index (χ0v) is 10.2. The zero-order valence-electron chi connectivity index (χ0n) is 8.56. The normalized spacial score (nSPS) is 13.1. The molecular formula is C10H16N2S2. The molecule has 0 fully saturated rings. The first-order valence-electron chi connectivity index (χ1n) is 4.58. The Morgan fingerprint density at radius 2 is 2.43 bits per heavy atom. The van der Waals surface area contributed by atoms with E-state index in [9.17, 15) is 0 Å². The van der Waals surface area contributed by atoms with Crippen LogP contribution >= 0.6 is 23.6 Å². The van der Waals surface area contributed by atoms with Crippen molar-refractivity contribution in [1.29, 1.82) is 0 Å². The molecule has 1 aromatic heterocycles. The molecule has 0 aromatic carbocycles. The molecule has 14 heavy (non-hydrogen) atoms. The Kier molecular flexibility index (Phi) is 4.51. The predicted molar refractivity (Wildman–Crippen MR) is 66.6 cm³/mol. The molecule has 0 aliphatic heterocycles. The zero-order chi connectivity index (χ0) is 10.6. The molecule has 1 rings (SSSR count). The Morgan fingerprint density at radius 1 is 1.71 bits per heavy atom. The molecule has 0 aliphatic carbocycles. The SMILES string of the molecule is CC(CN(C)Cc1ccsc1)C(N)=S. The second-order valence-electron chi connectivity index (χ2n) is 3.63. The Hall–Kier alpha value is -0.450. The summed E-state index contributed by atoms with van der Waals surface area (Å²) in [4.78, 5) is 2.84. The van der Waals surface area contributed by atoms with E-state index in [2.05, 4.69) is 35.7 Å². The van der Waals surface area contributed by atoms with E-state index in [1.54, 1.807) is 11.3 Å². The molecule has 1 heterocycles. The third-order valence-corrected chi connectivity index (χ3v) is 3.24. The molecule has 78 valence electrons. The van der Waals surface area contributed by atoms with Crippen molar-refractivity contribution in [2.45, 2.75) is 13.5 Å². The van der Waals surface area contributed by atoms with Crippen LogP contribution in [0, 0.1) is 5.92 Å². The highest BCUT2D eigenvalue weighted by molar-refractivity contribution is 7.80. The van der Waals surface area contributed by atoms with E-state index < -0.39 is 0 Å². The lowest BCUT2D eigenvalue weighted by Crippen LogP contribution is -2.31. The molecule has 0 saturated heterocycles. The number of hydrogen-bond donors (Lipinski definition) is 1. The van der Waals surface area contributed by atoms with Gasteiger partial charge < -0.3 is 10.6 Å². The summed E-state index contributed by atoms with van der Waals surface area (Å²) in [6.45, 7) is 3.95. The highest BCUT2D eigenvalue weighted by Gasteiger charge is 2.08. The maximum Gasteiger partial charge on any atom is 0.0768 e. The number of nitrogens with zero attached hydrogens (tertiary/aromatic N) is 1. The summed E-state index contributed by atoms with van der Waals surface area (Å²) in [5.41, 5.74) is 6.92. The number of nitrogens with two attached hydrogens (primary N) is 1. The lowest BCUT2D eigenvalue weighted by Gasteiger charge is -2.19. The Bertz CT molecular complexity index is 282. The van der Waals surface area contributed by atoms with E-state index in [4.69, 9.17) is 18.0 Å². The highest BCUT2D eigenvalue weighted by Crippen LogP contribution is 2.09. The number of rotatable bonds is 5. The van der Waals surface area contributed by atoms with Crippen LogP contribution in [0.2, 0.25) is 0 Å². The summed E-state index contributed by atoms with van der Waals surface area (Å²) in [5, 5.41) is 4.27. The van der Waals surface area contributed by atoms with Crippen LogP contribution in [0.4, 0.5) is 0 Å². The van der Waals surface area contributed by atoms with Crippen LogP contribution in [0.15, 0.2) is 16.8 Å². The molecule has 0 radical (unpaired) electrons. The van der Waals surface area contributed by atoms with E-state index >= 15 is 0 Å². The van der Waals surface area contributed by atoms with E-state index in [1.165, 1.54) is 5.56 Å². The molecule has 0 aliphatic rings. The molecular weight excluding hydrogens is 212 g/mol. The van der Waals surface area contributed by atoms with Gasteiger partial charge in [0.1, 0.15) is 0 Å². The molecule has 0 saturated carbocycles. The molecule has 2 N–H and O–H groups in total.